The highest BCUT2D eigenvalue weighted by molar-refractivity contribution is 9.10. The summed E-state index contributed by atoms with van der Waals surface area (Å²) >= 11 is 3.43. The summed E-state index contributed by atoms with van der Waals surface area (Å²) in [4.78, 5) is 16.7. The van der Waals surface area contributed by atoms with Crippen molar-refractivity contribution in [2.24, 2.45) is 0 Å². The number of carbonyl (C=O) groups is 1. The number of anilines is 1. The standard InChI is InChI=1S/C15H15BrN2O/c1-15(2,10-4-3-5-11(16)8-10)14(19)13-7-6-12(17)9-18-13/h3-9H,17H2,1-2H3. The van der Waals surface area contributed by atoms with Gasteiger partial charge in [-0.15, -0.1) is 0 Å². The average molecular weight is 319 g/mol. The monoisotopic (exact) mass is 318 g/mol. The summed E-state index contributed by atoms with van der Waals surface area (Å²) in [5.41, 5.74) is 6.89. The average Bonchev–Trinajstić information content (AvgIpc) is 2.39. The summed E-state index contributed by atoms with van der Waals surface area (Å²) in [6, 6.07) is 11.1. The third-order valence-corrected chi connectivity index (χ3v) is 3.63. The molecule has 0 aliphatic rings. The number of nitrogens with zero attached hydrogens (tertiary/aromatic N) is 1. The molecule has 0 spiro atoms. The quantitative estimate of drug-likeness (QED) is 0.880. The van der Waals surface area contributed by atoms with Crippen LogP contribution in [0.5, 0.6) is 0 Å². The van der Waals surface area contributed by atoms with Crippen molar-refractivity contribution in [1.82, 2.24) is 4.98 Å². The Morgan fingerprint density at radius 1 is 1.26 bits per heavy atom. The lowest BCUT2D eigenvalue weighted by atomic mass is 9.79. The summed E-state index contributed by atoms with van der Waals surface area (Å²) in [6.45, 7) is 3.80. The molecule has 0 fully saturated rings. The fourth-order valence-corrected chi connectivity index (χ4v) is 2.27. The molecule has 0 aliphatic heterocycles. The van der Waals surface area contributed by atoms with E-state index in [1.165, 1.54) is 6.20 Å². The first-order valence-electron chi connectivity index (χ1n) is 5.93. The van der Waals surface area contributed by atoms with Crippen molar-refractivity contribution >= 4 is 27.4 Å². The van der Waals surface area contributed by atoms with E-state index in [2.05, 4.69) is 20.9 Å². The largest absolute Gasteiger partial charge is 0.397 e. The number of pyridine rings is 1. The first kappa shape index (κ1) is 13.7. The van der Waals surface area contributed by atoms with Crippen LogP contribution >= 0.6 is 15.9 Å². The summed E-state index contributed by atoms with van der Waals surface area (Å²) in [5, 5.41) is 0. The molecule has 98 valence electrons. The predicted octanol–water partition coefficient (Wildman–Crippen LogP) is 3.59. The van der Waals surface area contributed by atoms with Crippen LogP contribution < -0.4 is 5.73 Å². The highest BCUT2D eigenvalue weighted by Gasteiger charge is 2.31. The van der Waals surface area contributed by atoms with Gasteiger partial charge in [0.2, 0.25) is 0 Å². The van der Waals surface area contributed by atoms with E-state index < -0.39 is 5.41 Å². The maximum atomic E-state index is 12.6. The van der Waals surface area contributed by atoms with Crippen LogP contribution in [0.1, 0.15) is 29.9 Å². The normalized spacial score (nSPS) is 11.3. The first-order valence-corrected chi connectivity index (χ1v) is 6.73. The second kappa shape index (κ2) is 5.13. The molecule has 1 heterocycles. The van der Waals surface area contributed by atoms with Gasteiger partial charge in [0.25, 0.3) is 0 Å². The third kappa shape index (κ3) is 2.84. The smallest absolute Gasteiger partial charge is 0.191 e. The van der Waals surface area contributed by atoms with Gasteiger partial charge < -0.3 is 5.73 Å². The molecule has 0 unspecified atom stereocenters. The van der Waals surface area contributed by atoms with Gasteiger partial charge in [-0.25, -0.2) is 0 Å². The predicted molar refractivity (Wildman–Crippen MR) is 80.1 cm³/mol. The van der Waals surface area contributed by atoms with Crippen LogP contribution in [0.15, 0.2) is 47.1 Å². The molecule has 2 N–H and O–H groups in total. The lowest BCUT2D eigenvalue weighted by Crippen LogP contribution is -2.29. The van der Waals surface area contributed by atoms with Gasteiger partial charge in [-0.1, -0.05) is 28.1 Å². The molecular formula is C15H15BrN2O. The van der Waals surface area contributed by atoms with E-state index in [1.54, 1.807) is 12.1 Å². The molecule has 0 atom stereocenters. The van der Waals surface area contributed by atoms with E-state index in [0.29, 0.717) is 11.4 Å². The summed E-state index contributed by atoms with van der Waals surface area (Å²) in [5.74, 6) is -0.0226. The Morgan fingerprint density at radius 2 is 2.00 bits per heavy atom. The third-order valence-electron chi connectivity index (χ3n) is 3.13. The number of aromatic nitrogens is 1. The molecule has 0 aliphatic carbocycles. The Bertz CT molecular complexity index is 606. The van der Waals surface area contributed by atoms with Crippen LogP contribution in [0.2, 0.25) is 0 Å². The molecule has 0 radical (unpaired) electrons. The van der Waals surface area contributed by atoms with E-state index >= 15 is 0 Å². The van der Waals surface area contributed by atoms with Gasteiger partial charge in [-0.05, 0) is 43.7 Å². The van der Waals surface area contributed by atoms with Gasteiger partial charge in [0.05, 0.1) is 17.3 Å². The maximum Gasteiger partial charge on any atom is 0.191 e. The summed E-state index contributed by atoms with van der Waals surface area (Å²) < 4.78 is 0.955. The van der Waals surface area contributed by atoms with E-state index in [0.717, 1.165) is 10.0 Å². The molecule has 1 aromatic carbocycles. The minimum atomic E-state index is -0.632. The maximum absolute atomic E-state index is 12.6. The Balaban J connectivity index is 2.38. The van der Waals surface area contributed by atoms with E-state index in [9.17, 15) is 4.79 Å². The van der Waals surface area contributed by atoms with Crippen molar-refractivity contribution in [1.29, 1.82) is 0 Å². The lowest BCUT2D eigenvalue weighted by Gasteiger charge is -2.23. The highest BCUT2D eigenvalue weighted by Crippen LogP contribution is 2.29. The lowest BCUT2D eigenvalue weighted by molar-refractivity contribution is 0.0903. The molecule has 0 amide bonds. The minimum absolute atomic E-state index is 0.0226. The zero-order valence-corrected chi connectivity index (χ0v) is 12.4. The summed E-state index contributed by atoms with van der Waals surface area (Å²) in [7, 11) is 0. The Labute approximate surface area is 121 Å². The Morgan fingerprint density at radius 3 is 2.58 bits per heavy atom. The van der Waals surface area contributed by atoms with Gasteiger partial charge in [0, 0.05) is 4.47 Å². The van der Waals surface area contributed by atoms with Crippen LogP contribution in [0.3, 0.4) is 0 Å². The number of nitrogens with two attached hydrogens (primary N) is 1. The topological polar surface area (TPSA) is 56.0 Å². The zero-order valence-electron chi connectivity index (χ0n) is 10.9. The molecule has 2 aromatic rings. The first-order chi connectivity index (χ1) is 8.91. The SMILES string of the molecule is CC(C)(C(=O)c1ccc(N)cn1)c1cccc(Br)c1. The van der Waals surface area contributed by atoms with Crippen molar-refractivity contribution < 1.29 is 4.79 Å². The summed E-state index contributed by atoms with van der Waals surface area (Å²) in [6.07, 6.45) is 1.50. The molecule has 0 saturated carbocycles. The molecule has 1 aromatic heterocycles. The second-order valence-corrected chi connectivity index (χ2v) is 5.86. The number of carbonyl (C=O) groups excluding carboxylic acids is 1. The number of Topliss-reactive ketones (excluding diaryl/α,β-unsaturated/α-hetero) is 1. The Kier molecular flexibility index (Phi) is 3.71. The molecular weight excluding hydrogens is 304 g/mol. The fraction of sp³-hybridized carbons (Fsp3) is 0.200. The Hall–Kier alpha value is -1.68. The number of hydrogen-bond acceptors (Lipinski definition) is 3. The van der Waals surface area contributed by atoms with Crippen molar-refractivity contribution in [3.63, 3.8) is 0 Å². The van der Waals surface area contributed by atoms with Gasteiger partial charge in [-0.2, -0.15) is 0 Å². The number of ketones is 1. The van der Waals surface area contributed by atoms with Gasteiger partial charge in [0.15, 0.2) is 5.78 Å². The number of halogens is 1. The van der Waals surface area contributed by atoms with Crippen molar-refractivity contribution in [3.05, 3.63) is 58.3 Å². The van der Waals surface area contributed by atoms with Gasteiger partial charge >= 0.3 is 0 Å². The van der Waals surface area contributed by atoms with E-state index in [1.807, 2.05) is 38.1 Å². The molecule has 0 bridgehead atoms. The van der Waals surface area contributed by atoms with E-state index in [4.69, 9.17) is 5.73 Å². The van der Waals surface area contributed by atoms with Crippen molar-refractivity contribution in [2.45, 2.75) is 19.3 Å². The van der Waals surface area contributed by atoms with Gasteiger partial charge in [-0.3, -0.25) is 9.78 Å². The molecule has 19 heavy (non-hydrogen) atoms. The van der Waals surface area contributed by atoms with Crippen LogP contribution in [0, 0.1) is 0 Å². The minimum Gasteiger partial charge on any atom is -0.397 e. The number of nitrogen functional groups attached to an aromatic ring is 1. The van der Waals surface area contributed by atoms with Crippen LogP contribution in [-0.2, 0) is 5.41 Å². The van der Waals surface area contributed by atoms with Crippen molar-refractivity contribution in [3.8, 4) is 0 Å². The molecule has 0 saturated heterocycles. The van der Waals surface area contributed by atoms with Gasteiger partial charge in [0.1, 0.15) is 5.69 Å². The molecule has 3 nitrogen and oxygen atoms in total. The fourth-order valence-electron chi connectivity index (χ4n) is 1.87. The van der Waals surface area contributed by atoms with Crippen LogP contribution in [0.25, 0.3) is 0 Å². The highest BCUT2D eigenvalue weighted by atomic mass is 79.9. The van der Waals surface area contributed by atoms with Crippen molar-refractivity contribution in [2.75, 3.05) is 5.73 Å². The molecule has 2 rings (SSSR count). The number of benzene rings is 1. The van der Waals surface area contributed by atoms with Crippen LogP contribution in [-0.4, -0.2) is 10.8 Å². The van der Waals surface area contributed by atoms with E-state index in [-0.39, 0.29) is 5.78 Å². The number of rotatable bonds is 3. The van der Waals surface area contributed by atoms with Crippen LogP contribution in [0.4, 0.5) is 5.69 Å². The zero-order chi connectivity index (χ0) is 14.0. The second-order valence-electron chi connectivity index (χ2n) is 4.94. The molecule has 4 heteroatoms. The number of hydrogen-bond donors (Lipinski definition) is 1.